The molecule has 1 heterocycles. The van der Waals surface area contributed by atoms with Crippen molar-refractivity contribution < 1.29 is 23.9 Å². The molecule has 1 saturated heterocycles. The molecule has 6 nitrogen and oxygen atoms in total. The van der Waals surface area contributed by atoms with E-state index in [-0.39, 0.29) is 25.0 Å². The van der Waals surface area contributed by atoms with E-state index in [0.29, 0.717) is 5.56 Å². The van der Waals surface area contributed by atoms with Crippen molar-refractivity contribution in [2.75, 3.05) is 0 Å². The van der Waals surface area contributed by atoms with Crippen LogP contribution in [0.3, 0.4) is 0 Å². The molecule has 0 radical (unpaired) electrons. The SMILES string of the molecule is O=C1CC(OC(=O)CCC(=O)c2ccccc2)C(=O)N1. The molecule has 1 aromatic carbocycles. The second-order valence-electron chi connectivity index (χ2n) is 4.38. The topological polar surface area (TPSA) is 89.5 Å². The highest BCUT2D eigenvalue weighted by Crippen LogP contribution is 2.10. The molecular formula is C14H13NO5. The normalized spacial score (nSPS) is 17.7. The lowest BCUT2D eigenvalue weighted by Gasteiger charge is -2.08. The number of imide groups is 1. The van der Waals surface area contributed by atoms with Crippen LogP contribution in [0, 0.1) is 0 Å². The van der Waals surface area contributed by atoms with E-state index >= 15 is 0 Å². The Bertz CT molecular complexity index is 552. The van der Waals surface area contributed by atoms with Gasteiger partial charge in [0.15, 0.2) is 11.9 Å². The highest BCUT2D eigenvalue weighted by atomic mass is 16.5. The quantitative estimate of drug-likeness (QED) is 0.483. The van der Waals surface area contributed by atoms with Crippen molar-refractivity contribution in [3.05, 3.63) is 35.9 Å². The summed E-state index contributed by atoms with van der Waals surface area (Å²) in [5, 5.41) is 2.04. The Hall–Kier alpha value is -2.50. The van der Waals surface area contributed by atoms with Gasteiger partial charge in [0, 0.05) is 12.0 Å². The summed E-state index contributed by atoms with van der Waals surface area (Å²) in [5.41, 5.74) is 0.522. The fourth-order valence-electron chi connectivity index (χ4n) is 1.83. The van der Waals surface area contributed by atoms with Gasteiger partial charge in [0.1, 0.15) is 0 Å². The highest BCUT2D eigenvalue weighted by molar-refractivity contribution is 6.05. The molecule has 6 heteroatoms. The summed E-state index contributed by atoms with van der Waals surface area (Å²) in [4.78, 5) is 45.4. The van der Waals surface area contributed by atoms with Gasteiger partial charge in [-0.1, -0.05) is 30.3 Å². The lowest BCUT2D eigenvalue weighted by Crippen LogP contribution is -2.28. The van der Waals surface area contributed by atoms with Gasteiger partial charge in [0.25, 0.3) is 5.91 Å². The number of carbonyl (C=O) groups excluding carboxylic acids is 4. The number of nitrogens with one attached hydrogen (secondary N) is 1. The van der Waals surface area contributed by atoms with E-state index in [1.807, 2.05) is 5.32 Å². The summed E-state index contributed by atoms with van der Waals surface area (Å²) in [6.45, 7) is 0. The fraction of sp³-hybridized carbons (Fsp3) is 0.286. The van der Waals surface area contributed by atoms with Crippen LogP contribution >= 0.6 is 0 Å². The maximum atomic E-state index is 11.8. The molecule has 1 N–H and O–H groups in total. The van der Waals surface area contributed by atoms with Crippen LogP contribution in [-0.4, -0.2) is 29.7 Å². The number of ketones is 1. The van der Waals surface area contributed by atoms with Gasteiger partial charge in [-0.3, -0.25) is 24.5 Å². The summed E-state index contributed by atoms with van der Waals surface area (Å²) in [6, 6.07) is 8.59. The summed E-state index contributed by atoms with van der Waals surface area (Å²) >= 11 is 0. The molecule has 1 fully saturated rings. The third-order valence-electron chi connectivity index (χ3n) is 2.85. The second-order valence-corrected chi connectivity index (χ2v) is 4.38. The van der Waals surface area contributed by atoms with E-state index in [2.05, 4.69) is 0 Å². The van der Waals surface area contributed by atoms with Crippen LogP contribution in [0.25, 0.3) is 0 Å². The van der Waals surface area contributed by atoms with Gasteiger partial charge in [-0.2, -0.15) is 0 Å². The number of esters is 1. The molecular weight excluding hydrogens is 262 g/mol. The minimum Gasteiger partial charge on any atom is -0.452 e. The Morgan fingerprint density at radius 3 is 2.45 bits per heavy atom. The Labute approximate surface area is 115 Å². The zero-order chi connectivity index (χ0) is 14.5. The van der Waals surface area contributed by atoms with Crippen LogP contribution in [0.15, 0.2) is 30.3 Å². The van der Waals surface area contributed by atoms with Gasteiger partial charge >= 0.3 is 5.97 Å². The summed E-state index contributed by atoms with van der Waals surface area (Å²) in [7, 11) is 0. The number of carbonyl (C=O) groups is 4. The highest BCUT2D eigenvalue weighted by Gasteiger charge is 2.33. The fourth-order valence-corrected chi connectivity index (χ4v) is 1.83. The summed E-state index contributed by atoms with van der Waals surface area (Å²) in [5.74, 6) is -1.91. The number of hydrogen-bond acceptors (Lipinski definition) is 5. The first kappa shape index (κ1) is 13.9. The Morgan fingerprint density at radius 2 is 1.85 bits per heavy atom. The van der Waals surface area contributed by atoms with E-state index in [9.17, 15) is 19.2 Å². The number of hydrogen-bond donors (Lipinski definition) is 1. The molecule has 104 valence electrons. The number of rotatable bonds is 5. The first-order chi connectivity index (χ1) is 9.56. The monoisotopic (exact) mass is 275 g/mol. The maximum absolute atomic E-state index is 11.8. The minimum atomic E-state index is -1.07. The molecule has 0 saturated carbocycles. The predicted molar refractivity (Wildman–Crippen MR) is 67.7 cm³/mol. The van der Waals surface area contributed by atoms with Crippen molar-refractivity contribution in [2.24, 2.45) is 0 Å². The predicted octanol–water partition coefficient (Wildman–Crippen LogP) is 0.608. The molecule has 1 aliphatic heterocycles. The van der Waals surface area contributed by atoms with Gasteiger partial charge in [0.2, 0.25) is 5.91 Å². The lowest BCUT2D eigenvalue weighted by atomic mass is 10.1. The Kier molecular flexibility index (Phi) is 4.24. The third-order valence-corrected chi connectivity index (χ3v) is 2.85. The lowest BCUT2D eigenvalue weighted by molar-refractivity contribution is -0.153. The van der Waals surface area contributed by atoms with Gasteiger partial charge in [0.05, 0.1) is 12.8 Å². The molecule has 1 unspecified atom stereocenters. The number of ether oxygens (including phenoxy) is 1. The average molecular weight is 275 g/mol. The standard InChI is InChI=1S/C14H13NO5/c16-10(9-4-2-1-3-5-9)6-7-13(18)20-11-8-12(17)15-14(11)19/h1-5,11H,6-8H2,(H,15,17,19). The van der Waals surface area contributed by atoms with Gasteiger partial charge < -0.3 is 4.74 Å². The zero-order valence-electron chi connectivity index (χ0n) is 10.6. The van der Waals surface area contributed by atoms with Crippen LogP contribution in [0.2, 0.25) is 0 Å². The largest absolute Gasteiger partial charge is 0.452 e. The molecule has 2 rings (SSSR count). The van der Waals surface area contributed by atoms with Crippen LogP contribution in [0.4, 0.5) is 0 Å². The Morgan fingerprint density at radius 1 is 1.15 bits per heavy atom. The van der Waals surface area contributed by atoms with E-state index in [0.717, 1.165) is 0 Å². The van der Waals surface area contributed by atoms with Crippen LogP contribution < -0.4 is 5.32 Å². The number of benzene rings is 1. The third kappa shape index (κ3) is 3.50. The molecule has 0 spiro atoms. The molecule has 20 heavy (non-hydrogen) atoms. The van der Waals surface area contributed by atoms with Crippen LogP contribution in [0.5, 0.6) is 0 Å². The van der Waals surface area contributed by atoms with Crippen molar-refractivity contribution in [3.8, 4) is 0 Å². The first-order valence-corrected chi connectivity index (χ1v) is 6.17. The van der Waals surface area contributed by atoms with E-state index in [1.54, 1.807) is 30.3 Å². The minimum absolute atomic E-state index is 0.00509. The maximum Gasteiger partial charge on any atom is 0.307 e. The molecule has 1 atom stereocenters. The van der Waals surface area contributed by atoms with Crippen molar-refractivity contribution in [1.29, 1.82) is 0 Å². The molecule has 1 aromatic rings. The van der Waals surface area contributed by atoms with Gasteiger partial charge in [-0.25, -0.2) is 0 Å². The first-order valence-electron chi connectivity index (χ1n) is 6.17. The zero-order valence-corrected chi connectivity index (χ0v) is 10.6. The van der Waals surface area contributed by atoms with Crippen molar-refractivity contribution in [2.45, 2.75) is 25.4 Å². The van der Waals surface area contributed by atoms with Gasteiger partial charge in [-0.05, 0) is 0 Å². The van der Waals surface area contributed by atoms with Gasteiger partial charge in [-0.15, -0.1) is 0 Å². The second kappa shape index (κ2) is 6.10. The Balaban J connectivity index is 1.80. The van der Waals surface area contributed by atoms with Crippen LogP contribution in [-0.2, 0) is 19.1 Å². The average Bonchev–Trinajstić information content (AvgIpc) is 2.75. The molecule has 0 aromatic heterocycles. The van der Waals surface area contributed by atoms with Crippen molar-refractivity contribution >= 4 is 23.6 Å². The van der Waals surface area contributed by atoms with Crippen molar-refractivity contribution in [1.82, 2.24) is 5.32 Å². The van der Waals surface area contributed by atoms with Crippen LogP contribution in [0.1, 0.15) is 29.6 Å². The molecule has 0 bridgehead atoms. The molecule has 2 amide bonds. The van der Waals surface area contributed by atoms with E-state index in [4.69, 9.17) is 4.74 Å². The summed E-state index contributed by atoms with van der Waals surface area (Å²) in [6.07, 6.45) is -1.34. The van der Waals surface area contributed by atoms with Crippen molar-refractivity contribution in [3.63, 3.8) is 0 Å². The number of amides is 2. The van der Waals surface area contributed by atoms with E-state index < -0.39 is 23.9 Å². The summed E-state index contributed by atoms with van der Waals surface area (Å²) < 4.78 is 4.86. The smallest absolute Gasteiger partial charge is 0.307 e. The number of Topliss-reactive ketones (excluding diaryl/α,β-unsaturated/α-hetero) is 1. The van der Waals surface area contributed by atoms with E-state index in [1.165, 1.54) is 0 Å². The molecule has 1 aliphatic rings. The molecule has 0 aliphatic carbocycles.